The number of alkyl halides is 3. The normalized spacial score (nSPS) is 17.0. The zero-order chi connectivity index (χ0) is 20.3. The van der Waals surface area contributed by atoms with Crippen LogP contribution in [0, 0.1) is 0 Å². The third-order valence-corrected chi connectivity index (χ3v) is 4.61. The highest BCUT2D eigenvalue weighted by atomic mass is 19.4. The molecule has 3 heterocycles. The lowest BCUT2D eigenvalue weighted by atomic mass is 9.95. The summed E-state index contributed by atoms with van der Waals surface area (Å²) in [6.07, 6.45) is -1.52. The maximum Gasteiger partial charge on any atom is 0.392 e. The van der Waals surface area contributed by atoms with Gasteiger partial charge in [-0.15, -0.1) is 0 Å². The second-order valence-electron chi connectivity index (χ2n) is 6.65. The minimum Gasteiger partial charge on any atom is -0.477 e. The summed E-state index contributed by atoms with van der Waals surface area (Å²) < 4.78 is 43.9. The number of carbonyl (C=O) groups excluding carboxylic acids is 1. The quantitative estimate of drug-likeness (QED) is 0.706. The van der Waals surface area contributed by atoms with E-state index in [1.165, 1.54) is 6.08 Å². The highest BCUT2D eigenvalue weighted by Crippen LogP contribution is 2.34. The van der Waals surface area contributed by atoms with E-state index in [-0.39, 0.29) is 17.7 Å². The maximum atomic E-state index is 12.4. The number of rotatable bonds is 6. The van der Waals surface area contributed by atoms with Gasteiger partial charge < -0.3 is 9.64 Å². The molecule has 0 aliphatic carbocycles. The molecule has 0 saturated carbocycles. The summed E-state index contributed by atoms with van der Waals surface area (Å²) >= 11 is 0. The molecule has 1 aliphatic heterocycles. The molecule has 1 aliphatic rings. The van der Waals surface area contributed by atoms with Gasteiger partial charge in [0.15, 0.2) is 0 Å². The Morgan fingerprint density at radius 2 is 2.18 bits per heavy atom. The number of carbonyl (C=O) groups is 1. The van der Waals surface area contributed by atoms with Crippen LogP contribution >= 0.6 is 0 Å². The Bertz CT molecular complexity index is 863. The number of pyridine rings is 1. The van der Waals surface area contributed by atoms with E-state index in [1.54, 1.807) is 41.0 Å². The van der Waals surface area contributed by atoms with Gasteiger partial charge in [0, 0.05) is 38.3 Å². The van der Waals surface area contributed by atoms with Crippen LogP contribution in [-0.4, -0.2) is 51.4 Å². The number of hydrogen-bond acceptors (Lipinski definition) is 4. The Labute approximate surface area is 160 Å². The number of hydrogen-bond donors (Lipinski definition) is 0. The molecule has 1 fully saturated rings. The Morgan fingerprint density at radius 1 is 1.39 bits per heavy atom. The van der Waals surface area contributed by atoms with Gasteiger partial charge in [-0.25, -0.2) is 4.98 Å². The third kappa shape index (κ3) is 4.71. The molecule has 1 saturated heterocycles. The first-order valence-electron chi connectivity index (χ1n) is 8.88. The molecule has 0 aromatic carbocycles. The zero-order valence-electron chi connectivity index (χ0n) is 15.4. The van der Waals surface area contributed by atoms with Gasteiger partial charge in [0.2, 0.25) is 11.8 Å². The molecule has 150 valence electrons. The smallest absolute Gasteiger partial charge is 0.392 e. The molecule has 0 spiro atoms. The van der Waals surface area contributed by atoms with Crippen LogP contribution in [-0.2, 0) is 11.8 Å². The average molecular weight is 394 g/mol. The molecule has 0 radical (unpaired) electrons. The van der Waals surface area contributed by atoms with Crippen molar-refractivity contribution in [3.05, 3.63) is 42.6 Å². The molecule has 1 atom stereocenters. The molecule has 0 N–H and O–H groups in total. The predicted molar refractivity (Wildman–Crippen MR) is 96.7 cm³/mol. The first-order chi connectivity index (χ1) is 13.3. The fourth-order valence-corrected chi connectivity index (χ4v) is 3.22. The Kier molecular flexibility index (Phi) is 5.71. The molecule has 6 nitrogen and oxygen atoms in total. The minimum atomic E-state index is -4.28. The fourth-order valence-electron chi connectivity index (χ4n) is 3.22. The largest absolute Gasteiger partial charge is 0.477 e. The van der Waals surface area contributed by atoms with Gasteiger partial charge in [0.25, 0.3) is 0 Å². The molecule has 28 heavy (non-hydrogen) atoms. The Balaban J connectivity index is 1.85. The van der Waals surface area contributed by atoms with E-state index in [9.17, 15) is 18.0 Å². The van der Waals surface area contributed by atoms with E-state index < -0.39 is 19.2 Å². The zero-order valence-corrected chi connectivity index (χ0v) is 15.4. The van der Waals surface area contributed by atoms with Gasteiger partial charge in [0.1, 0.15) is 5.69 Å². The number of likely N-dealkylation sites (tertiary alicyclic amines) is 1. The van der Waals surface area contributed by atoms with Crippen molar-refractivity contribution >= 4 is 5.91 Å². The predicted octanol–water partition coefficient (Wildman–Crippen LogP) is 3.32. The van der Waals surface area contributed by atoms with Crippen molar-refractivity contribution in [2.45, 2.75) is 24.9 Å². The lowest BCUT2D eigenvalue weighted by Crippen LogP contribution is -2.26. The number of ether oxygens (including phenoxy) is 1. The van der Waals surface area contributed by atoms with Crippen molar-refractivity contribution in [2.24, 2.45) is 7.05 Å². The second kappa shape index (κ2) is 8.04. The topological polar surface area (TPSA) is 60.3 Å². The number of halogens is 3. The monoisotopic (exact) mass is 394 g/mol. The van der Waals surface area contributed by atoms with E-state index in [0.29, 0.717) is 24.5 Å². The molecular weight excluding hydrogens is 373 g/mol. The summed E-state index contributed by atoms with van der Waals surface area (Å²) in [4.78, 5) is 18.0. The fraction of sp³-hybridized carbons (Fsp3) is 0.421. The second-order valence-corrected chi connectivity index (χ2v) is 6.65. The van der Waals surface area contributed by atoms with Gasteiger partial charge in [0.05, 0.1) is 18.7 Å². The molecule has 2 aromatic rings. The SMILES string of the molecule is C=CC(=O)N1CC[C@@H](c2ccc(OCCC(F)(F)F)nc2-c2ccn(C)n2)C1. The summed E-state index contributed by atoms with van der Waals surface area (Å²) in [6.45, 7) is 4.16. The number of aromatic nitrogens is 3. The van der Waals surface area contributed by atoms with E-state index in [1.807, 2.05) is 0 Å². The maximum absolute atomic E-state index is 12.4. The van der Waals surface area contributed by atoms with Crippen LogP contribution in [0.3, 0.4) is 0 Å². The third-order valence-electron chi connectivity index (χ3n) is 4.61. The molecule has 9 heteroatoms. The molecule has 3 rings (SSSR count). The van der Waals surface area contributed by atoms with E-state index in [2.05, 4.69) is 16.7 Å². The van der Waals surface area contributed by atoms with Crippen LogP contribution in [0.4, 0.5) is 13.2 Å². The first kappa shape index (κ1) is 19.9. The van der Waals surface area contributed by atoms with Gasteiger partial charge in [-0.05, 0) is 24.1 Å². The average Bonchev–Trinajstić information content (AvgIpc) is 3.29. The Hall–Kier alpha value is -2.84. The van der Waals surface area contributed by atoms with Gasteiger partial charge in [-0.1, -0.05) is 12.6 Å². The lowest BCUT2D eigenvalue weighted by molar-refractivity contribution is -0.139. The van der Waals surface area contributed by atoms with E-state index in [4.69, 9.17) is 4.74 Å². The van der Waals surface area contributed by atoms with Crippen molar-refractivity contribution in [3.8, 4) is 17.3 Å². The summed E-state index contributed by atoms with van der Waals surface area (Å²) in [5, 5.41) is 4.37. The van der Waals surface area contributed by atoms with Crippen LogP contribution in [0.15, 0.2) is 37.1 Å². The van der Waals surface area contributed by atoms with E-state index in [0.717, 1.165) is 12.0 Å². The van der Waals surface area contributed by atoms with Crippen molar-refractivity contribution in [3.63, 3.8) is 0 Å². The van der Waals surface area contributed by atoms with Crippen molar-refractivity contribution in [1.82, 2.24) is 19.7 Å². The molecule has 1 amide bonds. The van der Waals surface area contributed by atoms with E-state index >= 15 is 0 Å². The standard InChI is InChI=1S/C19H21F3N4O2/c1-3-17(27)26-10-6-13(12-26)14-4-5-16(28-11-8-19(20,21)22)23-18(14)15-7-9-25(2)24-15/h3-5,7,9,13H,1,6,8,10-12H2,2H3/t13-/m1/s1. The van der Waals surface area contributed by atoms with Gasteiger partial charge in [-0.2, -0.15) is 18.3 Å². The van der Waals surface area contributed by atoms with Gasteiger partial charge >= 0.3 is 6.18 Å². The van der Waals surface area contributed by atoms with Crippen molar-refractivity contribution in [2.75, 3.05) is 19.7 Å². The van der Waals surface area contributed by atoms with Crippen LogP contribution < -0.4 is 4.74 Å². The lowest BCUT2D eigenvalue weighted by Gasteiger charge is -2.17. The van der Waals surface area contributed by atoms with Crippen LogP contribution in [0.1, 0.15) is 24.3 Å². The van der Waals surface area contributed by atoms with Crippen LogP contribution in [0.25, 0.3) is 11.4 Å². The Morgan fingerprint density at radius 3 is 2.82 bits per heavy atom. The summed E-state index contributed by atoms with van der Waals surface area (Å²) in [5.74, 6) is 0.0465. The van der Waals surface area contributed by atoms with Crippen LogP contribution in [0.5, 0.6) is 5.88 Å². The minimum absolute atomic E-state index is 0.0534. The summed E-state index contributed by atoms with van der Waals surface area (Å²) in [7, 11) is 1.77. The molecule has 0 unspecified atom stereocenters. The number of nitrogens with zero attached hydrogens (tertiary/aromatic N) is 4. The summed E-state index contributed by atoms with van der Waals surface area (Å²) in [5.41, 5.74) is 2.05. The molecule has 0 bridgehead atoms. The highest BCUT2D eigenvalue weighted by Gasteiger charge is 2.30. The van der Waals surface area contributed by atoms with Crippen molar-refractivity contribution < 1.29 is 22.7 Å². The summed E-state index contributed by atoms with van der Waals surface area (Å²) in [6, 6.07) is 5.15. The molecular formula is C19H21F3N4O2. The van der Waals surface area contributed by atoms with Gasteiger partial charge in [-0.3, -0.25) is 9.48 Å². The van der Waals surface area contributed by atoms with Crippen molar-refractivity contribution in [1.29, 1.82) is 0 Å². The van der Waals surface area contributed by atoms with Crippen LogP contribution in [0.2, 0.25) is 0 Å². The molecule has 2 aromatic heterocycles. The first-order valence-corrected chi connectivity index (χ1v) is 8.88. The highest BCUT2D eigenvalue weighted by molar-refractivity contribution is 5.87. The number of aryl methyl sites for hydroxylation is 1. The number of amides is 1.